The fourth-order valence-electron chi connectivity index (χ4n) is 5.79. The van der Waals surface area contributed by atoms with Crippen molar-refractivity contribution >= 4 is 41.2 Å². The Morgan fingerprint density at radius 3 is 2.42 bits per heavy atom. The summed E-state index contributed by atoms with van der Waals surface area (Å²) in [4.78, 5) is 60.8. The molecule has 0 aliphatic carbocycles. The predicted octanol–water partition coefficient (Wildman–Crippen LogP) is 5.46. The number of esters is 1. The van der Waals surface area contributed by atoms with Gasteiger partial charge in [0.15, 0.2) is 0 Å². The highest BCUT2D eigenvalue weighted by atomic mass is 32.1. The second-order valence-corrected chi connectivity index (χ2v) is 15.6. The first kappa shape index (κ1) is 43.8. The molecule has 2 aromatic carbocycles. The Morgan fingerprint density at radius 1 is 1.03 bits per heavy atom. The molecule has 0 aliphatic rings. The van der Waals surface area contributed by atoms with Gasteiger partial charge in [0.05, 0.1) is 10.7 Å². The molecule has 59 heavy (non-hydrogen) atoms. The molecule has 1 unspecified atom stereocenters. The van der Waals surface area contributed by atoms with E-state index < -0.39 is 59.0 Å². The summed E-state index contributed by atoms with van der Waals surface area (Å²) in [6, 6.07) is 12.5. The summed E-state index contributed by atoms with van der Waals surface area (Å²) in [5.74, 6) is -3.66. The van der Waals surface area contributed by atoms with Crippen LogP contribution in [0.5, 0.6) is 0 Å². The number of amides is 3. The molecular formula is C40H45F2N8O8S+. The molecule has 16 nitrogen and oxygen atoms in total. The zero-order valence-corrected chi connectivity index (χ0v) is 34.3. The normalized spacial score (nSPS) is 13.5. The monoisotopic (exact) mass is 835 g/mol. The number of halogens is 2. The molecule has 0 spiro atoms. The van der Waals surface area contributed by atoms with Crippen molar-refractivity contribution in [1.29, 1.82) is 0 Å². The molecule has 312 valence electrons. The predicted molar refractivity (Wildman–Crippen MR) is 210 cm³/mol. The van der Waals surface area contributed by atoms with Gasteiger partial charge in [0, 0.05) is 65.9 Å². The summed E-state index contributed by atoms with van der Waals surface area (Å²) in [7, 11) is 2.82. The molecule has 3 aromatic heterocycles. The van der Waals surface area contributed by atoms with Crippen molar-refractivity contribution in [3.8, 4) is 11.3 Å². The van der Waals surface area contributed by atoms with Gasteiger partial charge in [0.25, 0.3) is 6.33 Å². The maximum absolute atomic E-state index is 15.4. The van der Waals surface area contributed by atoms with Gasteiger partial charge < -0.3 is 30.0 Å². The lowest BCUT2D eigenvalue weighted by Gasteiger charge is -2.32. The first-order chi connectivity index (χ1) is 27.7. The summed E-state index contributed by atoms with van der Waals surface area (Å²) in [5, 5.41) is 18.8. The number of benzene rings is 2. The van der Waals surface area contributed by atoms with Gasteiger partial charge in [-0.15, -0.1) is 16.0 Å². The molecule has 3 heterocycles. The van der Waals surface area contributed by atoms with Crippen molar-refractivity contribution in [2.24, 2.45) is 5.73 Å². The van der Waals surface area contributed by atoms with Gasteiger partial charge in [0.2, 0.25) is 18.5 Å². The number of nitrogens with two attached hydrogens (primary N) is 1. The van der Waals surface area contributed by atoms with Gasteiger partial charge in [-0.25, -0.2) is 28.3 Å². The lowest BCUT2D eigenvalue weighted by atomic mass is 9.82. The van der Waals surface area contributed by atoms with Crippen LogP contribution in [0, 0.1) is 11.6 Å². The molecular weight excluding hydrogens is 791 g/mol. The summed E-state index contributed by atoms with van der Waals surface area (Å²) in [6.07, 6.45) is 1.72. The highest BCUT2D eigenvalue weighted by Crippen LogP contribution is 2.41. The van der Waals surface area contributed by atoms with Crippen molar-refractivity contribution in [3.63, 3.8) is 0 Å². The minimum absolute atomic E-state index is 0.142. The van der Waals surface area contributed by atoms with Crippen molar-refractivity contribution in [2.45, 2.75) is 71.1 Å². The zero-order chi connectivity index (χ0) is 43.2. The molecule has 0 saturated heterocycles. The van der Waals surface area contributed by atoms with Gasteiger partial charge in [-0.2, -0.15) is 4.57 Å². The number of hydrogen-bond donors (Lipinski definition) is 2. The average Bonchev–Trinajstić information content (AvgIpc) is 3.87. The third kappa shape index (κ3) is 10.8. The van der Waals surface area contributed by atoms with Crippen LogP contribution in [0.4, 0.5) is 24.2 Å². The quantitative estimate of drug-likeness (QED) is 0.0819. The fraction of sp³-hybridized carbons (Fsp3) is 0.350. The van der Waals surface area contributed by atoms with Crippen LogP contribution in [0.2, 0.25) is 0 Å². The smallest absolute Gasteiger partial charge is 0.418 e. The summed E-state index contributed by atoms with van der Waals surface area (Å²) in [5.41, 5.74) is 4.12. The minimum Gasteiger partial charge on any atom is -0.459 e. The Bertz CT molecular complexity index is 2320. The molecule has 19 heteroatoms. The van der Waals surface area contributed by atoms with E-state index in [0.717, 1.165) is 28.0 Å². The largest absolute Gasteiger partial charge is 0.459 e. The summed E-state index contributed by atoms with van der Waals surface area (Å²) in [6.45, 7) is 7.30. The van der Waals surface area contributed by atoms with Crippen LogP contribution in [0.25, 0.3) is 11.3 Å². The molecule has 5 aromatic rings. The first-order valence-electron chi connectivity index (χ1n) is 18.2. The van der Waals surface area contributed by atoms with E-state index in [2.05, 4.69) is 15.1 Å². The van der Waals surface area contributed by atoms with Gasteiger partial charge >= 0.3 is 18.2 Å². The van der Waals surface area contributed by atoms with Crippen LogP contribution in [-0.4, -0.2) is 80.1 Å². The van der Waals surface area contributed by atoms with Crippen LogP contribution in [0.1, 0.15) is 73.3 Å². The fourth-order valence-corrected chi connectivity index (χ4v) is 6.76. The molecule has 0 bridgehead atoms. The van der Waals surface area contributed by atoms with E-state index in [1.807, 2.05) is 0 Å². The second kappa shape index (κ2) is 18.1. The number of likely N-dealkylation sites (N-methyl/N-ethyl adjacent to an activating group) is 1. The maximum Gasteiger partial charge on any atom is 0.418 e. The minimum atomic E-state index is -2.09. The van der Waals surface area contributed by atoms with Crippen molar-refractivity contribution < 1.29 is 51.8 Å². The number of aromatic nitrogens is 5. The number of pyridine rings is 1. The van der Waals surface area contributed by atoms with Gasteiger partial charge in [-0.05, 0) is 57.2 Å². The van der Waals surface area contributed by atoms with Crippen LogP contribution in [0.3, 0.4) is 0 Å². The van der Waals surface area contributed by atoms with E-state index in [0.29, 0.717) is 27.4 Å². The molecule has 0 radical (unpaired) electrons. The molecule has 3 atom stereocenters. The number of hydrogen-bond acceptors (Lipinski definition) is 12. The van der Waals surface area contributed by atoms with Gasteiger partial charge in [0.1, 0.15) is 48.4 Å². The van der Waals surface area contributed by atoms with Crippen LogP contribution in [-0.2, 0) is 37.8 Å². The Balaban J connectivity index is 1.28. The SMILES string of the molecule is CC(OC(=O)N(C)c1ncccc1COC(=O)CN(C)C(=O)OC(C)(C)C)[n+]1cnn(C[C@](O)(c2cc(F)ccc2F)[C@@H](C)c2nc(-c3ccc(C(N)=O)cc3)cs2)c1. The summed E-state index contributed by atoms with van der Waals surface area (Å²) >= 11 is 1.21. The zero-order valence-electron chi connectivity index (χ0n) is 33.5. The lowest BCUT2D eigenvalue weighted by Crippen LogP contribution is -2.42. The number of anilines is 1. The Morgan fingerprint density at radius 2 is 1.75 bits per heavy atom. The standard InChI is InChI=1S/C40H44F2N8O8S/c1-24(36-46-32(20-59-36)26-10-12-27(13-11-26)34(43)52)40(55,30-17-29(41)14-15-31(30)42)21-50-23-49(22-45-50)25(2)57-38(54)48(7)35-28(9-8-16-44-35)19-56-33(51)18-47(6)37(53)58-39(3,4)5/h8-17,20,22-25,55H,18-19,21H2,1-7H3,(H-,43,52)/p+1/t24-,25?,40+/m0/s1. The topological polar surface area (TPSA) is 196 Å². The second-order valence-electron chi connectivity index (χ2n) is 14.7. The highest BCUT2D eigenvalue weighted by Gasteiger charge is 2.43. The molecule has 3 amide bonds. The molecule has 3 N–H and O–H groups in total. The van der Waals surface area contributed by atoms with Crippen molar-refractivity contribution in [3.05, 3.63) is 112 Å². The van der Waals surface area contributed by atoms with Crippen molar-refractivity contribution in [1.82, 2.24) is 24.6 Å². The first-order valence-corrected chi connectivity index (χ1v) is 19.1. The van der Waals surface area contributed by atoms with E-state index in [1.54, 1.807) is 76.4 Å². The van der Waals surface area contributed by atoms with Crippen molar-refractivity contribution in [2.75, 3.05) is 25.5 Å². The van der Waals surface area contributed by atoms with E-state index >= 15 is 4.39 Å². The summed E-state index contributed by atoms with van der Waals surface area (Å²) < 4.78 is 49.0. The number of primary amides is 1. The van der Waals surface area contributed by atoms with Gasteiger partial charge in [-0.3, -0.25) is 14.5 Å². The Hall–Kier alpha value is -6.34. The average molecular weight is 836 g/mol. The number of carbonyl (C=O) groups is 4. The number of rotatable bonds is 14. The van der Waals surface area contributed by atoms with E-state index in [9.17, 15) is 28.7 Å². The van der Waals surface area contributed by atoms with Gasteiger partial charge in [-0.1, -0.05) is 25.1 Å². The van der Waals surface area contributed by atoms with E-state index in [-0.39, 0.29) is 31.1 Å². The molecule has 0 saturated carbocycles. The Kier molecular flexibility index (Phi) is 13.4. The molecule has 5 rings (SSSR count). The Labute approximate surface area is 342 Å². The third-order valence-electron chi connectivity index (χ3n) is 9.08. The van der Waals surface area contributed by atoms with E-state index in [4.69, 9.17) is 19.9 Å². The van der Waals surface area contributed by atoms with Crippen LogP contribution < -0.4 is 15.2 Å². The third-order valence-corrected chi connectivity index (χ3v) is 10.1. The number of thiazole rings is 1. The van der Waals surface area contributed by atoms with E-state index in [1.165, 1.54) is 53.5 Å². The lowest BCUT2D eigenvalue weighted by molar-refractivity contribution is -0.753. The maximum atomic E-state index is 15.4. The number of aliphatic hydroxyl groups is 1. The number of ether oxygens (including phenoxy) is 3. The van der Waals surface area contributed by atoms with Crippen LogP contribution in [0.15, 0.2) is 78.8 Å². The molecule has 0 fully saturated rings. The highest BCUT2D eigenvalue weighted by molar-refractivity contribution is 7.10. The number of carbonyl (C=O) groups excluding carboxylic acids is 4. The van der Waals surface area contributed by atoms with Crippen LogP contribution >= 0.6 is 11.3 Å². The number of nitrogens with zero attached hydrogens (tertiary/aromatic N) is 7. The molecule has 0 aliphatic heterocycles.